The Labute approximate surface area is 79.9 Å². The second-order valence-electron chi connectivity index (χ2n) is 2.10. The number of benzene rings is 1. The Morgan fingerprint density at radius 3 is 2.67 bits per heavy atom. The summed E-state index contributed by atoms with van der Waals surface area (Å²) < 4.78 is 18.0. The minimum absolute atomic E-state index is 0.0876. The van der Waals surface area contributed by atoms with Gasteiger partial charge in [0, 0.05) is 0 Å². The quantitative estimate of drug-likeness (QED) is 0.688. The lowest BCUT2D eigenvalue weighted by atomic mass is 10.3. The highest BCUT2D eigenvalue weighted by Crippen LogP contribution is 2.33. The molecule has 0 radical (unpaired) electrons. The van der Waals surface area contributed by atoms with E-state index in [4.69, 9.17) is 16.3 Å². The van der Waals surface area contributed by atoms with Crippen molar-refractivity contribution in [3.05, 3.63) is 23.0 Å². The number of rotatable bonds is 2. The molecule has 12 heavy (non-hydrogen) atoms. The maximum atomic E-state index is 13.2. The van der Waals surface area contributed by atoms with E-state index in [9.17, 15) is 4.39 Å². The first-order valence-electron chi connectivity index (χ1n) is 3.26. The van der Waals surface area contributed by atoms with Gasteiger partial charge in [-0.15, -0.1) is 11.8 Å². The van der Waals surface area contributed by atoms with Gasteiger partial charge in [0.1, 0.15) is 0 Å². The van der Waals surface area contributed by atoms with Crippen molar-refractivity contribution < 1.29 is 9.13 Å². The molecule has 0 atom stereocenters. The predicted octanol–water partition coefficient (Wildman–Crippen LogP) is 3.21. The van der Waals surface area contributed by atoms with Crippen LogP contribution in [0.25, 0.3) is 0 Å². The molecule has 0 amide bonds. The molecular formula is C8H8ClFOS. The fraction of sp³-hybridized carbons (Fsp3) is 0.250. The molecule has 0 spiro atoms. The largest absolute Gasteiger partial charge is 0.492 e. The molecule has 0 saturated carbocycles. The number of methoxy groups -OCH3 is 1. The van der Waals surface area contributed by atoms with Gasteiger partial charge in [-0.25, -0.2) is 4.39 Å². The van der Waals surface area contributed by atoms with E-state index >= 15 is 0 Å². The summed E-state index contributed by atoms with van der Waals surface area (Å²) in [5.74, 6) is -0.277. The van der Waals surface area contributed by atoms with Crippen molar-refractivity contribution in [2.75, 3.05) is 13.4 Å². The molecular weight excluding hydrogens is 199 g/mol. The van der Waals surface area contributed by atoms with Crippen LogP contribution in [0, 0.1) is 5.82 Å². The van der Waals surface area contributed by atoms with Gasteiger partial charge in [0.15, 0.2) is 11.6 Å². The average molecular weight is 207 g/mol. The van der Waals surface area contributed by atoms with Crippen molar-refractivity contribution in [3.63, 3.8) is 0 Å². The zero-order valence-corrected chi connectivity index (χ0v) is 8.30. The van der Waals surface area contributed by atoms with Crippen LogP contribution < -0.4 is 4.74 Å². The summed E-state index contributed by atoms with van der Waals surface area (Å²) in [5.41, 5.74) is 0. The molecule has 0 N–H and O–H groups in total. The third-order valence-electron chi connectivity index (χ3n) is 1.44. The van der Waals surface area contributed by atoms with E-state index in [1.54, 1.807) is 6.07 Å². The van der Waals surface area contributed by atoms with Crippen molar-refractivity contribution in [1.82, 2.24) is 0 Å². The van der Waals surface area contributed by atoms with Crippen molar-refractivity contribution in [1.29, 1.82) is 0 Å². The molecule has 0 fully saturated rings. The first kappa shape index (κ1) is 9.68. The molecule has 0 aliphatic rings. The van der Waals surface area contributed by atoms with Gasteiger partial charge in [0.25, 0.3) is 0 Å². The highest BCUT2D eigenvalue weighted by molar-refractivity contribution is 7.98. The van der Waals surface area contributed by atoms with Crippen LogP contribution >= 0.6 is 23.4 Å². The van der Waals surface area contributed by atoms with Gasteiger partial charge in [-0.3, -0.25) is 0 Å². The third-order valence-corrected chi connectivity index (χ3v) is 2.49. The first-order valence-corrected chi connectivity index (χ1v) is 4.87. The van der Waals surface area contributed by atoms with E-state index in [1.807, 2.05) is 6.26 Å². The molecule has 0 aliphatic heterocycles. The molecule has 4 heteroatoms. The Kier molecular flexibility index (Phi) is 3.23. The van der Waals surface area contributed by atoms with E-state index in [1.165, 1.54) is 24.9 Å². The monoisotopic (exact) mass is 206 g/mol. The Morgan fingerprint density at radius 2 is 2.17 bits per heavy atom. The molecule has 0 bridgehead atoms. The zero-order valence-electron chi connectivity index (χ0n) is 6.73. The summed E-state index contributed by atoms with van der Waals surface area (Å²) in [7, 11) is 1.43. The standard InChI is InChI=1S/C8H8ClFOS/c1-11-8-6(12-2)4-3-5(9)7(8)10/h3-4H,1-2H3. The molecule has 1 nitrogen and oxygen atoms in total. The van der Waals surface area contributed by atoms with Gasteiger partial charge in [-0.05, 0) is 18.4 Å². The number of ether oxygens (including phenoxy) is 1. The van der Waals surface area contributed by atoms with Crippen molar-refractivity contribution >= 4 is 23.4 Å². The lowest BCUT2D eigenvalue weighted by Gasteiger charge is -2.07. The first-order chi connectivity index (χ1) is 5.70. The Morgan fingerprint density at radius 1 is 1.50 bits per heavy atom. The van der Waals surface area contributed by atoms with Crippen molar-refractivity contribution in [3.8, 4) is 5.75 Å². The fourth-order valence-corrected chi connectivity index (χ4v) is 1.58. The van der Waals surface area contributed by atoms with E-state index in [2.05, 4.69) is 0 Å². The van der Waals surface area contributed by atoms with Crippen LogP contribution in [-0.4, -0.2) is 13.4 Å². The second-order valence-corrected chi connectivity index (χ2v) is 3.35. The number of halogens is 2. The molecule has 1 aromatic rings. The zero-order chi connectivity index (χ0) is 9.14. The summed E-state index contributed by atoms with van der Waals surface area (Å²) in [5, 5.41) is 0.0876. The molecule has 0 aliphatic carbocycles. The Hall–Kier alpha value is -0.410. The molecule has 0 heterocycles. The molecule has 1 rings (SSSR count). The third kappa shape index (κ3) is 1.67. The Balaban J connectivity index is 3.25. The van der Waals surface area contributed by atoms with Crippen LogP contribution in [0.15, 0.2) is 17.0 Å². The summed E-state index contributed by atoms with van der Waals surface area (Å²) in [6, 6.07) is 3.25. The van der Waals surface area contributed by atoms with Crippen molar-refractivity contribution in [2.45, 2.75) is 4.90 Å². The predicted molar refractivity (Wildman–Crippen MR) is 49.7 cm³/mol. The lowest BCUT2D eigenvalue weighted by Crippen LogP contribution is -1.91. The van der Waals surface area contributed by atoms with Crippen LogP contribution in [0.3, 0.4) is 0 Å². The van der Waals surface area contributed by atoms with E-state index < -0.39 is 5.82 Å². The topological polar surface area (TPSA) is 9.23 Å². The van der Waals surface area contributed by atoms with Crippen LogP contribution in [0.4, 0.5) is 4.39 Å². The summed E-state index contributed by atoms with van der Waals surface area (Å²) >= 11 is 6.98. The van der Waals surface area contributed by atoms with Crippen LogP contribution in [0.2, 0.25) is 5.02 Å². The van der Waals surface area contributed by atoms with E-state index in [-0.39, 0.29) is 10.8 Å². The molecule has 0 aromatic heterocycles. The normalized spacial score (nSPS) is 10.0. The van der Waals surface area contributed by atoms with Gasteiger partial charge in [0.05, 0.1) is 17.0 Å². The van der Waals surface area contributed by atoms with Crippen LogP contribution in [0.1, 0.15) is 0 Å². The lowest BCUT2D eigenvalue weighted by molar-refractivity contribution is 0.376. The van der Waals surface area contributed by atoms with Gasteiger partial charge >= 0.3 is 0 Å². The summed E-state index contributed by atoms with van der Waals surface area (Å²) in [6.07, 6.45) is 1.85. The Bertz CT molecular complexity index is 291. The van der Waals surface area contributed by atoms with Gasteiger partial charge < -0.3 is 4.74 Å². The maximum Gasteiger partial charge on any atom is 0.184 e. The number of thioether (sulfide) groups is 1. The minimum Gasteiger partial charge on any atom is -0.492 e. The van der Waals surface area contributed by atoms with Gasteiger partial charge in [0.2, 0.25) is 0 Å². The summed E-state index contributed by atoms with van der Waals surface area (Å²) in [6.45, 7) is 0. The highest BCUT2D eigenvalue weighted by atomic mass is 35.5. The second kappa shape index (κ2) is 4.01. The fourth-order valence-electron chi connectivity index (χ4n) is 0.865. The van der Waals surface area contributed by atoms with Crippen LogP contribution in [-0.2, 0) is 0 Å². The van der Waals surface area contributed by atoms with Crippen molar-refractivity contribution in [2.24, 2.45) is 0 Å². The van der Waals surface area contributed by atoms with Crippen LogP contribution in [0.5, 0.6) is 5.75 Å². The van der Waals surface area contributed by atoms with E-state index in [0.29, 0.717) is 0 Å². The van der Waals surface area contributed by atoms with Gasteiger partial charge in [-0.1, -0.05) is 11.6 Å². The van der Waals surface area contributed by atoms with Gasteiger partial charge in [-0.2, -0.15) is 0 Å². The number of hydrogen-bond donors (Lipinski definition) is 0. The molecule has 0 unspecified atom stereocenters. The number of hydrogen-bond acceptors (Lipinski definition) is 2. The molecule has 0 saturated heterocycles. The maximum absolute atomic E-state index is 13.2. The summed E-state index contributed by atoms with van der Waals surface area (Å²) in [4.78, 5) is 0.749. The minimum atomic E-state index is -0.494. The highest BCUT2D eigenvalue weighted by Gasteiger charge is 2.11. The molecule has 1 aromatic carbocycles. The SMILES string of the molecule is COc1c(SC)ccc(Cl)c1F. The molecule has 66 valence electrons. The van der Waals surface area contributed by atoms with E-state index in [0.717, 1.165) is 4.90 Å². The average Bonchev–Trinajstić information content (AvgIpc) is 2.09. The smallest absolute Gasteiger partial charge is 0.184 e.